The van der Waals surface area contributed by atoms with E-state index in [1.807, 2.05) is 0 Å². The molecule has 1 atom stereocenters. The van der Waals surface area contributed by atoms with Crippen molar-refractivity contribution in [1.29, 1.82) is 0 Å². The molecule has 1 aromatic heterocycles. The van der Waals surface area contributed by atoms with Gasteiger partial charge in [0.15, 0.2) is 17.2 Å². The molecule has 1 saturated heterocycles. The number of carbonyl (C=O) groups excluding carboxylic acids is 2. The predicted molar refractivity (Wildman–Crippen MR) is 124 cm³/mol. The van der Waals surface area contributed by atoms with Crippen LogP contribution in [-0.2, 0) is 16.1 Å². The Hall–Kier alpha value is -3.62. The molecule has 176 valence electrons. The second-order valence-corrected chi connectivity index (χ2v) is 8.23. The van der Waals surface area contributed by atoms with Gasteiger partial charge in [-0.1, -0.05) is 29.3 Å². The normalized spacial score (nSPS) is 17.3. The molecule has 2 heterocycles. The topological polar surface area (TPSA) is 109 Å². The van der Waals surface area contributed by atoms with Gasteiger partial charge in [-0.3, -0.25) is 9.59 Å². The van der Waals surface area contributed by atoms with Gasteiger partial charge in [0.05, 0.1) is 48.7 Å². The van der Waals surface area contributed by atoms with Crippen LogP contribution in [0.3, 0.4) is 0 Å². The fraction of sp³-hybridized carbons (Fsp3) is 0.167. The summed E-state index contributed by atoms with van der Waals surface area (Å²) < 4.78 is 15.6. The third-order valence-corrected chi connectivity index (χ3v) is 6.00. The first-order chi connectivity index (χ1) is 16.3. The Morgan fingerprint density at radius 2 is 1.79 bits per heavy atom. The number of phenols is 1. The largest absolute Gasteiger partial charge is 0.507 e. The SMILES string of the molecule is COc1ccc(C2/C(=C(\O)c3cc(Cl)c(OC)c(Cl)c3)C(=O)C(=O)N2Cc2ccco2)cc1O. The molecule has 1 fully saturated rings. The lowest BCUT2D eigenvalue weighted by Crippen LogP contribution is -2.29. The Morgan fingerprint density at radius 1 is 1.09 bits per heavy atom. The summed E-state index contributed by atoms with van der Waals surface area (Å²) in [5.41, 5.74) is 0.296. The van der Waals surface area contributed by atoms with Crippen molar-refractivity contribution in [2.75, 3.05) is 14.2 Å². The number of nitrogens with zero attached hydrogens (tertiary/aromatic N) is 1. The van der Waals surface area contributed by atoms with Gasteiger partial charge in [-0.15, -0.1) is 0 Å². The molecule has 0 aliphatic carbocycles. The minimum atomic E-state index is -1.04. The number of methoxy groups -OCH3 is 2. The summed E-state index contributed by atoms with van der Waals surface area (Å²) >= 11 is 12.4. The van der Waals surface area contributed by atoms with Crippen LogP contribution in [0.2, 0.25) is 10.0 Å². The predicted octanol–water partition coefficient (Wildman–Crippen LogP) is 4.93. The highest BCUT2D eigenvalue weighted by Gasteiger charge is 2.46. The van der Waals surface area contributed by atoms with Crippen molar-refractivity contribution in [3.05, 3.63) is 81.2 Å². The van der Waals surface area contributed by atoms with Crippen molar-refractivity contribution in [2.45, 2.75) is 12.6 Å². The van der Waals surface area contributed by atoms with Crippen molar-refractivity contribution in [1.82, 2.24) is 4.90 Å². The first-order valence-electron chi connectivity index (χ1n) is 9.98. The Labute approximate surface area is 204 Å². The van der Waals surface area contributed by atoms with Crippen molar-refractivity contribution >= 4 is 40.7 Å². The number of Topliss-reactive ketones (excluding diaryl/α,β-unsaturated/α-hetero) is 1. The van der Waals surface area contributed by atoms with Crippen LogP contribution in [0.15, 0.2) is 58.7 Å². The van der Waals surface area contributed by atoms with Crippen LogP contribution in [0.1, 0.15) is 22.9 Å². The zero-order valence-electron chi connectivity index (χ0n) is 18.0. The smallest absolute Gasteiger partial charge is 0.296 e. The zero-order chi connectivity index (χ0) is 24.6. The number of likely N-dealkylation sites (tertiary alicyclic amines) is 1. The number of amides is 1. The molecule has 1 unspecified atom stereocenters. The number of aliphatic hydroxyl groups excluding tert-OH is 1. The Morgan fingerprint density at radius 3 is 2.35 bits per heavy atom. The van der Waals surface area contributed by atoms with E-state index >= 15 is 0 Å². The van der Waals surface area contributed by atoms with Crippen molar-refractivity contribution < 1.29 is 33.7 Å². The number of halogens is 2. The minimum absolute atomic E-state index is 0.0457. The number of benzene rings is 2. The summed E-state index contributed by atoms with van der Waals surface area (Å²) in [5.74, 6) is -1.59. The average molecular weight is 504 g/mol. The van der Waals surface area contributed by atoms with Gasteiger partial charge in [-0.2, -0.15) is 0 Å². The number of hydrogen-bond acceptors (Lipinski definition) is 7. The first-order valence-corrected chi connectivity index (χ1v) is 10.7. The highest BCUT2D eigenvalue weighted by Crippen LogP contribution is 2.44. The van der Waals surface area contributed by atoms with Crippen LogP contribution in [0.25, 0.3) is 5.76 Å². The number of aliphatic hydroxyl groups is 1. The van der Waals surface area contributed by atoms with Crippen LogP contribution in [0.4, 0.5) is 0 Å². The van der Waals surface area contributed by atoms with E-state index in [2.05, 4.69) is 0 Å². The number of aromatic hydroxyl groups is 1. The van der Waals surface area contributed by atoms with Gasteiger partial charge < -0.3 is 29.0 Å². The molecular weight excluding hydrogens is 485 g/mol. The lowest BCUT2D eigenvalue weighted by Gasteiger charge is -2.25. The van der Waals surface area contributed by atoms with Crippen LogP contribution in [-0.4, -0.2) is 41.0 Å². The van der Waals surface area contributed by atoms with Crippen LogP contribution >= 0.6 is 23.2 Å². The number of ketones is 1. The van der Waals surface area contributed by atoms with Crippen LogP contribution < -0.4 is 9.47 Å². The molecule has 10 heteroatoms. The Kier molecular flexibility index (Phi) is 6.45. The van der Waals surface area contributed by atoms with Crippen molar-refractivity contribution in [3.8, 4) is 17.2 Å². The van der Waals surface area contributed by atoms with Crippen LogP contribution in [0.5, 0.6) is 17.2 Å². The van der Waals surface area contributed by atoms with Crippen molar-refractivity contribution in [2.24, 2.45) is 0 Å². The van der Waals surface area contributed by atoms with E-state index in [1.165, 1.54) is 49.6 Å². The van der Waals surface area contributed by atoms with Crippen molar-refractivity contribution in [3.63, 3.8) is 0 Å². The van der Waals surface area contributed by atoms with E-state index in [1.54, 1.807) is 18.2 Å². The summed E-state index contributed by atoms with van der Waals surface area (Å²) in [6.07, 6.45) is 1.45. The Balaban J connectivity index is 1.91. The molecule has 1 aliphatic rings. The molecule has 1 aliphatic heterocycles. The zero-order valence-corrected chi connectivity index (χ0v) is 19.6. The molecular formula is C24H19Cl2NO7. The van der Waals surface area contributed by atoms with Gasteiger partial charge in [0, 0.05) is 5.56 Å². The molecule has 1 amide bonds. The van der Waals surface area contributed by atoms with E-state index in [0.29, 0.717) is 11.3 Å². The maximum absolute atomic E-state index is 13.1. The first kappa shape index (κ1) is 23.5. The molecule has 4 rings (SSSR count). The number of hydrogen-bond donors (Lipinski definition) is 2. The Bertz CT molecular complexity index is 1280. The maximum atomic E-state index is 13.1. The molecule has 0 saturated carbocycles. The second-order valence-electron chi connectivity index (χ2n) is 7.41. The van der Waals surface area contributed by atoms with E-state index in [-0.39, 0.29) is 45.0 Å². The highest BCUT2D eigenvalue weighted by molar-refractivity contribution is 6.46. The highest BCUT2D eigenvalue weighted by atomic mass is 35.5. The molecule has 3 aromatic rings. The number of rotatable bonds is 6. The molecule has 8 nitrogen and oxygen atoms in total. The summed E-state index contributed by atoms with van der Waals surface area (Å²) in [6, 6.07) is 9.48. The molecule has 2 N–H and O–H groups in total. The number of furan rings is 1. The number of ether oxygens (including phenoxy) is 2. The molecule has 34 heavy (non-hydrogen) atoms. The van der Waals surface area contributed by atoms with Gasteiger partial charge >= 0.3 is 0 Å². The van der Waals surface area contributed by atoms with E-state index in [4.69, 9.17) is 37.1 Å². The van der Waals surface area contributed by atoms with Gasteiger partial charge in [-0.05, 0) is 42.0 Å². The quantitative estimate of drug-likeness (QED) is 0.278. The maximum Gasteiger partial charge on any atom is 0.296 e. The molecule has 0 spiro atoms. The standard InChI is InChI=1S/C24H19Cl2NO7/c1-32-18-6-5-12(10-17(18)28)20-19(21(29)13-8-15(25)23(33-2)16(26)9-13)22(30)24(31)27(20)11-14-4-3-7-34-14/h3-10,20,28-29H,11H2,1-2H3/b21-19+. The lowest BCUT2D eigenvalue weighted by atomic mass is 9.95. The van der Waals surface area contributed by atoms with Gasteiger partial charge in [0.2, 0.25) is 0 Å². The minimum Gasteiger partial charge on any atom is -0.507 e. The molecule has 2 aromatic carbocycles. The molecule has 0 bridgehead atoms. The fourth-order valence-corrected chi connectivity index (χ4v) is 4.53. The van der Waals surface area contributed by atoms with Gasteiger partial charge in [0.1, 0.15) is 11.5 Å². The third kappa shape index (κ3) is 4.06. The third-order valence-electron chi connectivity index (χ3n) is 5.44. The van der Waals surface area contributed by atoms with E-state index < -0.39 is 23.5 Å². The van der Waals surface area contributed by atoms with E-state index in [0.717, 1.165) is 0 Å². The second kappa shape index (κ2) is 9.32. The molecule has 0 radical (unpaired) electrons. The van der Waals surface area contributed by atoms with Crippen LogP contribution in [0, 0.1) is 0 Å². The summed E-state index contributed by atoms with van der Waals surface area (Å²) in [5, 5.41) is 21.7. The number of phenolic OH excluding ortho intramolecular Hbond substituents is 1. The fourth-order valence-electron chi connectivity index (χ4n) is 3.88. The summed E-state index contributed by atoms with van der Waals surface area (Å²) in [4.78, 5) is 27.4. The lowest BCUT2D eigenvalue weighted by molar-refractivity contribution is -0.140. The van der Waals surface area contributed by atoms with E-state index in [9.17, 15) is 19.8 Å². The summed E-state index contributed by atoms with van der Waals surface area (Å²) in [6.45, 7) is -0.0457. The summed E-state index contributed by atoms with van der Waals surface area (Å²) in [7, 11) is 2.79. The van der Waals surface area contributed by atoms with Gasteiger partial charge in [-0.25, -0.2) is 0 Å². The van der Waals surface area contributed by atoms with Gasteiger partial charge in [0.25, 0.3) is 11.7 Å². The number of carbonyl (C=O) groups is 2. The monoisotopic (exact) mass is 503 g/mol. The average Bonchev–Trinajstić information content (AvgIpc) is 3.40.